The standard InChI is InChI=1S/C15H26N2O4.C4H4O4/c1-11-7-12(2)9-15(8-11)10-17(14(19)21-15)13(18)20-6-5-16(3)4;5-3(6)1-2-4(7)8/h11-12H,5-10H2,1-4H3;1-2H,(H,5,6)(H,7,8). The number of carbonyl (C=O) groups excluding carboxylic acids is 2. The van der Waals surface area contributed by atoms with Crippen LogP contribution in [0.4, 0.5) is 9.59 Å². The number of carbonyl (C=O) groups is 4. The lowest BCUT2D eigenvalue weighted by molar-refractivity contribution is -0.134. The van der Waals surface area contributed by atoms with Gasteiger partial charge in [0.15, 0.2) is 0 Å². The Bertz CT molecular complexity index is 620. The first-order valence-corrected chi connectivity index (χ1v) is 9.40. The molecule has 1 aliphatic carbocycles. The average molecular weight is 414 g/mol. The molecule has 29 heavy (non-hydrogen) atoms. The molecule has 1 aliphatic heterocycles. The van der Waals surface area contributed by atoms with E-state index < -0.39 is 29.7 Å². The fourth-order valence-electron chi connectivity index (χ4n) is 3.72. The minimum absolute atomic E-state index is 0.273. The van der Waals surface area contributed by atoms with Crippen LogP contribution >= 0.6 is 0 Å². The minimum atomic E-state index is -1.26. The molecule has 0 aromatic carbocycles. The molecular formula is C19H30N2O8. The lowest BCUT2D eigenvalue weighted by atomic mass is 9.74. The van der Waals surface area contributed by atoms with Crippen molar-refractivity contribution < 1.29 is 38.9 Å². The van der Waals surface area contributed by atoms with Crippen LogP contribution in [0.5, 0.6) is 0 Å². The van der Waals surface area contributed by atoms with E-state index in [0.717, 1.165) is 24.2 Å². The van der Waals surface area contributed by atoms with Crippen LogP contribution in [0.1, 0.15) is 33.1 Å². The van der Waals surface area contributed by atoms with Gasteiger partial charge in [-0.3, -0.25) is 0 Å². The molecular weight excluding hydrogens is 384 g/mol. The van der Waals surface area contributed by atoms with Gasteiger partial charge in [0, 0.05) is 18.7 Å². The van der Waals surface area contributed by atoms with E-state index in [0.29, 0.717) is 37.1 Å². The second kappa shape index (κ2) is 10.8. The predicted octanol–water partition coefficient (Wildman–Crippen LogP) is 2.04. The molecule has 10 heteroatoms. The van der Waals surface area contributed by atoms with E-state index in [9.17, 15) is 19.2 Å². The van der Waals surface area contributed by atoms with Gasteiger partial charge < -0.3 is 24.6 Å². The van der Waals surface area contributed by atoms with Crippen LogP contribution in [0, 0.1) is 11.8 Å². The molecule has 10 nitrogen and oxygen atoms in total. The number of aliphatic carboxylic acids is 2. The van der Waals surface area contributed by atoms with Gasteiger partial charge in [0.2, 0.25) is 0 Å². The van der Waals surface area contributed by atoms with Crippen LogP contribution in [0.25, 0.3) is 0 Å². The molecule has 0 radical (unpaired) electrons. The highest BCUT2D eigenvalue weighted by Crippen LogP contribution is 2.42. The van der Waals surface area contributed by atoms with Crippen molar-refractivity contribution in [2.75, 3.05) is 33.8 Å². The van der Waals surface area contributed by atoms with E-state index in [4.69, 9.17) is 19.7 Å². The monoisotopic (exact) mass is 414 g/mol. The maximum absolute atomic E-state index is 12.0. The third kappa shape index (κ3) is 8.51. The number of nitrogens with zero attached hydrogens (tertiary/aromatic N) is 2. The van der Waals surface area contributed by atoms with Gasteiger partial charge in [-0.25, -0.2) is 24.1 Å². The molecule has 0 aromatic heterocycles. The molecule has 0 bridgehead atoms. The van der Waals surface area contributed by atoms with Gasteiger partial charge in [-0.05, 0) is 45.2 Å². The average Bonchev–Trinajstić information content (AvgIpc) is 2.87. The first kappa shape index (κ1) is 24.4. The summed E-state index contributed by atoms with van der Waals surface area (Å²) in [5.74, 6) is -1.50. The molecule has 2 atom stereocenters. The van der Waals surface area contributed by atoms with Crippen LogP contribution in [0.15, 0.2) is 12.2 Å². The fourth-order valence-corrected chi connectivity index (χ4v) is 3.72. The first-order valence-electron chi connectivity index (χ1n) is 9.40. The minimum Gasteiger partial charge on any atom is -0.478 e. The van der Waals surface area contributed by atoms with Crippen LogP contribution in [-0.4, -0.2) is 83.5 Å². The number of rotatable bonds is 5. The largest absolute Gasteiger partial charge is 0.478 e. The molecule has 0 aromatic rings. The van der Waals surface area contributed by atoms with Crippen molar-refractivity contribution >= 4 is 24.1 Å². The Balaban J connectivity index is 0.000000447. The summed E-state index contributed by atoms with van der Waals surface area (Å²) < 4.78 is 10.7. The lowest BCUT2D eigenvalue weighted by Crippen LogP contribution is -2.43. The highest BCUT2D eigenvalue weighted by Gasteiger charge is 2.51. The normalized spacial score (nSPS) is 26.2. The highest BCUT2D eigenvalue weighted by atomic mass is 16.6. The smallest absolute Gasteiger partial charge is 0.420 e. The van der Waals surface area contributed by atoms with Gasteiger partial charge >= 0.3 is 24.1 Å². The summed E-state index contributed by atoms with van der Waals surface area (Å²) in [6, 6.07) is 0. The summed E-state index contributed by atoms with van der Waals surface area (Å²) in [5.41, 5.74) is -0.505. The third-order valence-electron chi connectivity index (χ3n) is 4.57. The summed E-state index contributed by atoms with van der Waals surface area (Å²) in [5, 5.41) is 15.6. The van der Waals surface area contributed by atoms with Crippen molar-refractivity contribution in [3.8, 4) is 0 Å². The van der Waals surface area contributed by atoms with Crippen LogP contribution < -0.4 is 0 Å². The summed E-state index contributed by atoms with van der Waals surface area (Å²) in [6.45, 7) is 5.57. The molecule has 2 fully saturated rings. The van der Waals surface area contributed by atoms with Crippen molar-refractivity contribution in [1.82, 2.24) is 9.80 Å². The molecule has 2 rings (SSSR count). The molecule has 2 unspecified atom stereocenters. The number of hydrogen-bond donors (Lipinski definition) is 2. The molecule has 164 valence electrons. The van der Waals surface area contributed by atoms with Gasteiger partial charge in [-0.1, -0.05) is 13.8 Å². The molecule has 2 N–H and O–H groups in total. The number of carboxylic acids is 2. The summed E-state index contributed by atoms with van der Waals surface area (Å²) in [4.78, 5) is 46.1. The molecule has 1 heterocycles. The zero-order valence-corrected chi connectivity index (χ0v) is 17.3. The number of ether oxygens (including phenoxy) is 2. The number of amides is 2. The molecule has 1 spiro atoms. The molecule has 2 aliphatic rings. The molecule has 1 saturated heterocycles. The third-order valence-corrected chi connectivity index (χ3v) is 4.57. The van der Waals surface area contributed by atoms with Crippen LogP contribution in [0.3, 0.4) is 0 Å². The van der Waals surface area contributed by atoms with Gasteiger partial charge in [-0.2, -0.15) is 0 Å². The van der Waals surface area contributed by atoms with Crippen LogP contribution in [-0.2, 0) is 19.1 Å². The first-order chi connectivity index (χ1) is 13.4. The zero-order valence-electron chi connectivity index (χ0n) is 17.3. The Hall–Kier alpha value is -2.62. The fraction of sp³-hybridized carbons (Fsp3) is 0.684. The SMILES string of the molecule is CC1CC(C)CC2(C1)CN(C(=O)OCCN(C)C)C(=O)O2.O=C(O)C=CC(=O)O. The number of likely N-dealkylation sites (N-methyl/N-ethyl adjacent to an activating group) is 1. The van der Waals surface area contributed by atoms with Crippen molar-refractivity contribution in [2.24, 2.45) is 11.8 Å². The van der Waals surface area contributed by atoms with Gasteiger partial charge in [0.05, 0.1) is 6.54 Å². The van der Waals surface area contributed by atoms with Gasteiger partial charge in [0.1, 0.15) is 12.2 Å². The van der Waals surface area contributed by atoms with E-state index in [-0.39, 0.29) is 6.61 Å². The van der Waals surface area contributed by atoms with Crippen molar-refractivity contribution in [1.29, 1.82) is 0 Å². The number of imide groups is 1. The Morgan fingerprint density at radius 1 is 1.17 bits per heavy atom. The second-order valence-electron chi connectivity index (χ2n) is 7.92. The Kier molecular flexibility index (Phi) is 9.09. The second-order valence-corrected chi connectivity index (χ2v) is 7.92. The molecule has 2 amide bonds. The number of hydrogen-bond acceptors (Lipinski definition) is 7. The van der Waals surface area contributed by atoms with Crippen molar-refractivity contribution in [2.45, 2.75) is 38.7 Å². The Labute approximate surface area is 170 Å². The Morgan fingerprint density at radius 2 is 1.69 bits per heavy atom. The Morgan fingerprint density at radius 3 is 2.14 bits per heavy atom. The summed E-state index contributed by atoms with van der Waals surface area (Å²) >= 11 is 0. The van der Waals surface area contributed by atoms with Gasteiger partial charge in [0.25, 0.3) is 0 Å². The number of carboxylic acid groups (broad SMARTS) is 2. The van der Waals surface area contributed by atoms with Crippen molar-refractivity contribution in [3.63, 3.8) is 0 Å². The van der Waals surface area contributed by atoms with E-state index in [2.05, 4.69) is 13.8 Å². The quantitative estimate of drug-likeness (QED) is 0.648. The van der Waals surface area contributed by atoms with Crippen molar-refractivity contribution in [3.05, 3.63) is 12.2 Å². The summed E-state index contributed by atoms with van der Waals surface area (Å²) in [6.07, 6.45) is 2.75. The predicted molar refractivity (Wildman–Crippen MR) is 102 cm³/mol. The highest BCUT2D eigenvalue weighted by molar-refractivity contribution is 5.90. The van der Waals surface area contributed by atoms with E-state index in [1.54, 1.807) is 0 Å². The zero-order chi connectivity index (χ0) is 22.2. The van der Waals surface area contributed by atoms with Crippen LogP contribution in [0.2, 0.25) is 0 Å². The van der Waals surface area contributed by atoms with E-state index in [1.165, 1.54) is 0 Å². The summed E-state index contributed by atoms with van der Waals surface area (Å²) in [7, 11) is 3.80. The van der Waals surface area contributed by atoms with E-state index in [1.807, 2.05) is 19.0 Å². The molecule has 1 saturated carbocycles. The topological polar surface area (TPSA) is 134 Å². The maximum atomic E-state index is 12.0. The lowest BCUT2D eigenvalue weighted by Gasteiger charge is -2.37. The van der Waals surface area contributed by atoms with Gasteiger partial charge in [-0.15, -0.1) is 0 Å². The van der Waals surface area contributed by atoms with E-state index >= 15 is 0 Å². The maximum Gasteiger partial charge on any atom is 0.420 e.